The van der Waals surface area contributed by atoms with Gasteiger partial charge in [0.05, 0.1) is 5.02 Å². The second kappa shape index (κ2) is 5.94. The van der Waals surface area contributed by atoms with Crippen molar-refractivity contribution in [2.45, 2.75) is 0 Å². The van der Waals surface area contributed by atoms with Gasteiger partial charge in [-0.2, -0.15) is 0 Å². The zero-order valence-electron chi connectivity index (χ0n) is 9.58. The van der Waals surface area contributed by atoms with Crippen molar-refractivity contribution in [3.05, 3.63) is 55.9 Å². The summed E-state index contributed by atoms with van der Waals surface area (Å²) in [5.74, 6) is -0.223. The maximum absolute atomic E-state index is 12.0. The number of nitrogens with one attached hydrogen (secondary N) is 1. The summed E-state index contributed by atoms with van der Waals surface area (Å²) in [5.41, 5.74) is 7.47. The highest BCUT2D eigenvalue weighted by Crippen LogP contribution is 2.25. The van der Waals surface area contributed by atoms with Gasteiger partial charge in [-0.1, -0.05) is 11.6 Å². The Bertz CT molecular complexity index is 647. The van der Waals surface area contributed by atoms with Gasteiger partial charge in [0, 0.05) is 25.9 Å². The Kier molecular flexibility index (Phi) is 4.50. The summed E-state index contributed by atoms with van der Waals surface area (Å²) < 4.78 is 1.47. The Morgan fingerprint density at radius 1 is 1.11 bits per heavy atom. The summed E-state index contributed by atoms with van der Waals surface area (Å²) >= 11 is 12.5. The van der Waals surface area contributed by atoms with Crippen LogP contribution in [-0.4, -0.2) is 5.91 Å². The maximum atomic E-state index is 12.0. The zero-order valence-corrected chi connectivity index (χ0v) is 13.5. The first-order valence-electron chi connectivity index (χ1n) is 5.29. The number of rotatable bonds is 2. The molecule has 0 aliphatic carbocycles. The lowest BCUT2D eigenvalue weighted by molar-refractivity contribution is 0.102. The van der Waals surface area contributed by atoms with Crippen LogP contribution in [0, 0.1) is 0 Å². The fourth-order valence-corrected chi connectivity index (χ4v) is 2.21. The number of carbonyl (C=O) groups excluding carboxylic acids is 1. The van der Waals surface area contributed by atoms with Crippen molar-refractivity contribution in [1.82, 2.24) is 0 Å². The van der Waals surface area contributed by atoms with Gasteiger partial charge in [0.1, 0.15) is 0 Å². The fourth-order valence-electron chi connectivity index (χ4n) is 1.46. The minimum absolute atomic E-state index is 0.223. The minimum Gasteiger partial charge on any atom is -0.398 e. The van der Waals surface area contributed by atoms with Crippen molar-refractivity contribution in [3.8, 4) is 0 Å². The van der Waals surface area contributed by atoms with Crippen molar-refractivity contribution in [2.24, 2.45) is 0 Å². The Morgan fingerprint density at radius 2 is 1.84 bits per heavy atom. The van der Waals surface area contributed by atoms with E-state index in [0.29, 0.717) is 26.4 Å². The second-order valence-corrected chi connectivity index (χ2v) is 5.94. The Morgan fingerprint density at radius 3 is 2.47 bits per heavy atom. The van der Waals surface area contributed by atoms with E-state index in [9.17, 15) is 4.79 Å². The topological polar surface area (TPSA) is 55.1 Å². The number of nitrogen functional groups attached to an aromatic ring is 1. The van der Waals surface area contributed by atoms with Crippen molar-refractivity contribution < 1.29 is 4.79 Å². The molecule has 3 N–H and O–H groups in total. The third-order valence-electron chi connectivity index (χ3n) is 2.44. The van der Waals surface area contributed by atoms with Crippen LogP contribution in [0.3, 0.4) is 0 Å². The molecule has 0 fully saturated rings. The molecule has 0 aliphatic rings. The summed E-state index contributed by atoms with van der Waals surface area (Å²) in [6.45, 7) is 0. The molecule has 0 atom stereocenters. The molecule has 0 bridgehead atoms. The Hall–Kier alpha value is -1.04. The molecule has 19 heavy (non-hydrogen) atoms. The molecule has 1 amide bonds. The first-order valence-corrected chi connectivity index (χ1v) is 7.25. The number of amides is 1. The SMILES string of the molecule is Nc1cc(NC(=O)c2ccc(Cl)c(Br)c2)ccc1Br. The first-order chi connectivity index (χ1) is 8.97. The molecular formula is C13H9Br2ClN2O. The number of anilines is 2. The van der Waals surface area contributed by atoms with E-state index in [4.69, 9.17) is 17.3 Å². The molecule has 3 nitrogen and oxygen atoms in total. The number of carbonyl (C=O) groups is 1. The Balaban J connectivity index is 2.20. The van der Waals surface area contributed by atoms with Gasteiger partial charge in [-0.15, -0.1) is 0 Å². The standard InChI is InChI=1S/C13H9Br2ClN2O/c14-9-3-2-8(6-12(9)17)18-13(19)7-1-4-11(16)10(15)5-7/h1-6H,17H2,(H,18,19). The smallest absolute Gasteiger partial charge is 0.255 e. The largest absolute Gasteiger partial charge is 0.398 e. The molecular weight excluding hydrogens is 395 g/mol. The van der Waals surface area contributed by atoms with Crippen LogP contribution in [0.4, 0.5) is 11.4 Å². The van der Waals surface area contributed by atoms with E-state index in [1.807, 2.05) is 0 Å². The molecule has 0 radical (unpaired) electrons. The van der Waals surface area contributed by atoms with Crippen molar-refractivity contribution in [3.63, 3.8) is 0 Å². The predicted octanol–water partition coefficient (Wildman–Crippen LogP) is 4.70. The van der Waals surface area contributed by atoms with E-state index in [0.717, 1.165) is 4.47 Å². The van der Waals surface area contributed by atoms with Gasteiger partial charge in [0.2, 0.25) is 0 Å². The number of benzene rings is 2. The molecule has 0 saturated carbocycles. The van der Waals surface area contributed by atoms with E-state index >= 15 is 0 Å². The third-order valence-corrected chi connectivity index (χ3v) is 4.37. The fraction of sp³-hybridized carbons (Fsp3) is 0. The molecule has 0 aliphatic heterocycles. The van der Waals surface area contributed by atoms with E-state index in [-0.39, 0.29) is 5.91 Å². The lowest BCUT2D eigenvalue weighted by Crippen LogP contribution is -2.12. The normalized spacial score (nSPS) is 10.3. The van der Waals surface area contributed by atoms with Gasteiger partial charge >= 0.3 is 0 Å². The highest BCUT2D eigenvalue weighted by Gasteiger charge is 2.09. The van der Waals surface area contributed by atoms with Gasteiger partial charge in [-0.3, -0.25) is 4.79 Å². The molecule has 6 heteroatoms. The van der Waals surface area contributed by atoms with Crippen molar-refractivity contribution >= 4 is 60.7 Å². The molecule has 0 saturated heterocycles. The molecule has 2 rings (SSSR count). The molecule has 2 aromatic rings. The van der Waals surface area contributed by atoms with Gasteiger partial charge in [0.25, 0.3) is 5.91 Å². The summed E-state index contributed by atoms with van der Waals surface area (Å²) in [6.07, 6.45) is 0. The molecule has 0 heterocycles. The van der Waals surface area contributed by atoms with Crippen LogP contribution in [0.1, 0.15) is 10.4 Å². The van der Waals surface area contributed by atoms with Crippen LogP contribution in [0.25, 0.3) is 0 Å². The van der Waals surface area contributed by atoms with Crippen LogP contribution in [0.15, 0.2) is 45.3 Å². The molecule has 0 aromatic heterocycles. The predicted molar refractivity (Wildman–Crippen MR) is 85.7 cm³/mol. The van der Waals surface area contributed by atoms with Crippen LogP contribution in [0.5, 0.6) is 0 Å². The van der Waals surface area contributed by atoms with Crippen LogP contribution >= 0.6 is 43.5 Å². The first kappa shape index (κ1) is 14.4. The number of nitrogens with two attached hydrogens (primary N) is 1. The van der Waals surface area contributed by atoms with Gasteiger partial charge in [0.15, 0.2) is 0 Å². The lowest BCUT2D eigenvalue weighted by atomic mass is 10.2. The summed E-state index contributed by atoms with van der Waals surface area (Å²) in [6, 6.07) is 10.2. The summed E-state index contributed by atoms with van der Waals surface area (Å²) in [5, 5.41) is 3.33. The van der Waals surface area contributed by atoms with Crippen molar-refractivity contribution in [2.75, 3.05) is 11.1 Å². The molecule has 0 spiro atoms. The molecule has 98 valence electrons. The zero-order chi connectivity index (χ0) is 14.0. The number of halogens is 3. The second-order valence-electron chi connectivity index (χ2n) is 3.82. The molecule has 0 unspecified atom stereocenters. The van der Waals surface area contributed by atoms with Gasteiger partial charge in [-0.25, -0.2) is 0 Å². The van der Waals surface area contributed by atoms with E-state index < -0.39 is 0 Å². The summed E-state index contributed by atoms with van der Waals surface area (Å²) in [7, 11) is 0. The van der Waals surface area contributed by atoms with Crippen LogP contribution < -0.4 is 11.1 Å². The van der Waals surface area contributed by atoms with E-state index in [1.54, 1.807) is 36.4 Å². The highest BCUT2D eigenvalue weighted by atomic mass is 79.9. The maximum Gasteiger partial charge on any atom is 0.255 e. The lowest BCUT2D eigenvalue weighted by Gasteiger charge is -2.07. The van der Waals surface area contributed by atoms with Crippen LogP contribution in [0.2, 0.25) is 5.02 Å². The third kappa shape index (κ3) is 3.49. The quantitative estimate of drug-likeness (QED) is 0.713. The Labute approximate surface area is 132 Å². The highest BCUT2D eigenvalue weighted by molar-refractivity contribution is 9.11. The monoisotopic (exact) mass is 402 g/mol. The average Bonchev–Trinajstić information content (AvgIpc) is 2.37. The van der Waals surface area contributed by atoms with E-state index in [2.05, 4.69) is 37.2 Å². The minimum atomic E-state index is -0.223. The van der Waals surface area contributed by atoms with Gasteiger partial charge in [-0.05, 0) is 68.3 Å². The van der Waals surface area contributed by atoms with Gasteiger partial charge < -0.3 is 11.1 Å². The number of hydrogen-bond acceptors (Lipinski definition) is 2. The molecule has 2 aromatic carbocycles. The average molecular weight is 404 g/mol. The van der Waals surface area contributed by atoms with E-state index in [1.165, 1.54) is 0 Å². The number of hydrogen-bond donors (Lipinski definition) is 2. The summed E-state index contributed by atoms with van der Waals surface area (Å²) in [4.78, 5) is 12.0. The van der Waals surface area contributed by atoms with Crippen molar-refractivity contribution in [1.29, 1.82) is 0 Å². The van der Waals surface area contributed by atoms with Crippen LogP contribution in [-0.2, 0) is 0 Å².